The zero-order chi connectivity index (χ0) is 15.6. The van der Waals surface area contributed by atoms with Gasteiger partial charge in [0.1, 0.15) is 23.6 Å². The van der Waals surface area contributed by atoms with Gasteiger partial charge >= 0.3 is 11.6 Å². The number of nitrogens with zero attached hydrogens (tertiary/aromatic N) is 1. The van der Waals surface area contributed by atoms with E-state index < -0.39 is 17.4 Å². The number of hydrogen-bond donors (Lipinski definition) is 0. The molecule has 106 valence electrons. The second kappa shape index (κ2) is 5.59. The average molecular weight is 287 g/mol. The molecule has 0 aliphatic carbocycles. The molecule has 0 radical (unpaired) electrons. The fourth-order valence-corrected chi connectivity index (χ4v) is 1.82. The van der Waals surface area contributed by atoms with Crippen LogP contribution in [0.4, 0.5) is 4.39 Å². The Labute approximate surface area is 118 Å². The average Bonchev–Trinajstić information content (AvgIpc) is 2.44. The number of fused-ring (bicyclic) bond motifs is 1. The summed E-state index contributed by atoms with van der Waals surface area (Å²) in [5.74, 6) is -1.46. The van der Waals surface area contributed by atoms with Crippen LogP contribution in [0, 0.1) is 24.1 Å². The Morgan fingerprint density at radius 1 is 1.52 bits per heavy atom. The Balaban J connectivity index is 2.47. The van der Waals surface area contributed by atoms with Gasteiger partial charge in [-0.2, -0.15) is 5.26 Å². The van der Waals surface area contributed by atoms with Crippen molar-refractivity contribution in [2.45, 2.75) is 6.92 Å². The first-order valence-electron chi connectivity index (χ1n) is 5.92. The molecule has 0 spiro atoms. The lowest BCUT2D eigenvalue weighted by molar-refractivity contribution is 0.0538. The number of carbonyl (C=O) groups excluding carboxylic acids is 1. The summed E-state index contributed by atoms with van der Waals surface area (Å²) >= 11 is 0. The van der Waals surface area contributed by atoms with Gasteiger partial charge in [-0.15, -0.1) is 0 Å². The van der Waals surface area contributed by atoms with E-state index in [9.17, 15) is 14.0 Å². The maximum atomic E-state index is 13.1. The Morgan fingerprint density at radius 2 is 2.24 bits per heavy atom. The normalized spacial score (nSPS) is 10.1. The van der Waals surface area contributed by atoms with E-state index >= 15 is 0 Å². The number of benzene rings is 1. The zero-order valence-electron chi connectivity index (χ0n) is 11.1. The van der Waals surface area contributed by atoms with E-state index in [0.717, 1.165) is 6.07 Å². The smallest absolute Gasteiger partial charge is 0.351 e. The quantitative estimate of drug-likeness (QED) is 0.492. The number of rotatable bonds is 3. The predicted octanol–water partition coefficient (Wildman–Crippen LogP) is 2.48. The first-order valence-corrected chi connectivity index (χ1v) is 5.92. The van der Waals surface area contributed by atoms with Crippen LogP contribution >= 0.6 is 0 Å². The molecule has 0 bridgehead atoms. The Kier molecular flexibility index (Phi) is 3.85. The summed E-state index contributed by atoms with van der Waals surface area (Å²) in [6, 6.07) is 5.39. The summed E-state index contributed by atoms with van der Waals surface area (Å²) in [5, 5.41) is 8.97. The van der Waals surface area contributed by atoms with Crippen molar-refractivity contribution in [1.82, 2.24) is 0 Å². The van der Waals surface area contributed by atoms with Crippen molar-refractivity contribution in [3.63, 3.8) is 0 Å². The fourth-order valence-electron chi connectivity index (χ4n) is 1.82. The number of carbonyl (C=O) groups is 1. The minimum atomic E-state index is -0.918. The predicted molar refractivity (Wildman–Crippen MR) is 72.2 cm³/mol. The van der Waals surface area contributed by atoms with E-state index in [2.05, 4.69) is 6.58 Å². The second-order valence-electron chi connectivity index (χ2n) is 4.32. The molecule has 0 aliphatic heterocycles. The van der Waals surface area contributed by atoms with Crippen LogP contribution in [0.3, 0.4) is 0 Å². The number of nitriles is 1. The molecule has 0 amide bonds. The molecule has 0 fully saturated rings. The molecule has 0 saturated carbocycles. The third-order valence-corrected chi connectivity index (χ3v) is 2.87. The van der Waals surface area contributed by atoms with Gasteiger partial charge in [-0.3, -0.25) is 0 Å². The summed E-state index contributed by atoms with van der Waals surface area (Å²) in [5.41, 5.74) is -0.768. The third-order valence-electron chi connectivity index (χ3n) is 2.87. The molecule has 2 aromatic rings. The minimum absolute atomic E-state index is 0.0493. The van der Waals surface area contributed by atoms with E-state index in [1.807, 2.05) is 0 Å². The molecule has 5 nitrogen and oxygen atoms in total. The van der Waals surface area contributed by atoms with Crippen LogP contribution in [-0.4, -0.2) is 12.6 Å². The number of halogens is 1. The van der Waals surface area contributed by atoms with E-state index in [1.54, 1.807) is 6.07 Å². The van der Waals surface area contributed by atoms with Gasteiger partial charge in [-0.25, -0.2) is 14.0 Å². The molecule has 0 unspecified atom stereocenters. The van der Waals surface area contributed by atoms with Crippen molar-refractivity contribution in [2.75, 3.05) is 6.61 Å². The number of hydrogen-bond acceptors (Lipinski definition) is 5. The third kappa shape index (κ3) is 2.82. The van der Waals surface area contributed by atoms with Crippen LogP contribution in [-0.2, 0) is 4.74 Å². The largest absolute Gasteiger partial charge is 0.456 e. The van der Waals surface area contributed by atoms with Crippen LogP contribution in [0.15, 0.2) is 39.6 Å². The summed E-state index contributed by atoms with van der Waals surface area (Å²) < 4.78 is 22.9. The van der Waals surface area contributed by atoms with Crippen molar-refractivity contribution in [3.05, 3.63) is 57.7 Å². The van der Waals surface area contributed by atoms with Gasteiger partial charge in [0.2, 0.25) is 0 Å². The van der Waals surface area contributed by atoms with Crippen molar-refractivity contribution in [3.8, 4) is 6.07 Å². The van der Waals surface area contributed by atoms with Crippen LogP contribution in [0.2, 0.25) is 0 Å². The van der Waals surface area contributed by atoms with Crippen LogP contribution in [0.1, 0.15) is 15.9 Å². The molecule has 0 aliphatic rings. The first-order chi connectivity index (χ1) is 9.93. The molecule has 21 heavy (non-hydrogen) atoms. The Hall–Kier alpha value is -2.94. The zero-order valence-corrected chi connectivity index (χ0v) is 11.1. The van der Waals surface area contributed by atoms with Gasteiger partial charge in [0.25, 0.3) is 0 Å². The number of aryl methyl sites for hydroxylation is 1. The van der Waals surface area contributed by atoms with Crippen LogP contribution < -0.4 is 5.63 Å². The molecule has 0 saturated heterocycles. The molecular formula is C15H10FNO4. The van der Waals surface area contributed by atoms with Gasteiger partial charge in [0.15, 0.2) is 0 Å². The van der Waals surface area contributed by atoms with Gasteiger partial charge in [-0.05, 0) is 24.6 Å². The summed E-state index contributed by atoms with van der Waals surface area (Å²) in [7, 11) is 0. The molecule has 1 aromatic carbocycles. The van der Waals surface area contributed by atoms with Crippen molar-refractivity contribution < 1.29 is 18.3 Å². The summed E-state index contributed by atoms with van der Waals surface area (Å²) in [6.45, 7) is 4.59. The van der Waals surface area contributed by atoms with E-state index in [1.165, 1.54) is 19.1 Å². The summed E-state index contributed by atoms with van der Waals surface area (Å²) in [6.07, 6.45) is 0. The van der Waals surface area contributed by atoms with E-state index in [4.69, 9.17) is 14.4 Å². The van der Waals surface area contributed by atoms with Gasteiger partial charge in [-0.1, -0.05) is 6.58 Å². The maximum absolute atomic E-state index is 13.1. The van der Waals surface area contributed by atoms with E-state index in [0.29, 0.717) is 10.9 Å². The minimum Gasteiger partial charge on any atom is -0.456 e. The molecule has 1 heterocycles. The highest BCUT2D eigenvalue weighted by molar-refractivity contribution is 5.96. The Morgan fingerprint density at radius 3 is 2.90 bits per heavy atom. The molecular weight excluding hydrogens is 277 g/mol. The first kappa shape index (κ1) is 14.5. The molecule has 0 atom stereocenters. The molecule has 0 N–H and O–H groups in total. The standard InChI is InChI=1S/C15H10FNO4/c1-8(6-17)7-20-14(18)13-9(2)11-4-3-10(16)5-12(11)21-15(13)19/h3-5H,1,7H2,2H3. The topological polar surface area (TPSA) is 80.3 Å². The second-order valence-corrected chi connectivity index (χ2v) is 4.32. The van der Waals surface area contributed by atoms with Gasteiger partial charge in [0.05, 0.1) is 11.6 Å². The van der Waals surface area contributed by atoms with Crippen molar-refractivity contribution in [1.29, 1.82) is 5.26 Å². The lowest BCUT2D eigenvalue weighted by Gasteiger charge is -2.07. The molecule has 2 rings (SSSR count). The monoisotopic (exact) mass is 287 g/mol. The summed E-state index contributed by atoms with van der Waals surface area (Å²) in [4.78, 5) is 23.8. The van der Waals surface area contributed by atoms with Crippen molar-refractivity contribution in [2.24, 2.45) is 0 Å². The van der Waals surface area contributed by atoms with Gasteiger partial charge in [0, 0.05) is 11.5 Å². The highest BCUT2D eigenvalue weighted by Crippen LogP contribution is 2.20. The Bertz CT molecular complexity index is 845. The highest BCUT2D eigenvalue weighted by atomic mass is 19.1. The molecule has 1 aromatic heterocycles. The van der Waals surface area contributed by atoms with Crippen molar-refractivity contribution >= 4 is 16.9 Å². The van der Waals surface area contributed by atoms with Gasteiger partial charge < -0.3 is 9.15 Å². The lowest BCUT2D eigenvalue weighted by atomic mass is 10.1. The number of esters is 1. The molecule has 6 heteroatoms. The number of ether oxygens (including phenoxy) is 1. The fraction of sp³-hybridized carbons (Fsp3) is 0.133. The highest BCUT2D eigenvalue weighted by Gasteiger charge is 2.20. The lowest BCUT2D eigenvalue weighted by Crippen LogP contribution is -2.19. The van der Waals surface area contributed by atoms with E-state index in [-0.39, 0.29) is 23.3 Å². The SMILES string of the molecule is C=C(C#N)COC(=O)c1c(C)c2ccc(F)cc2oc1=O. The van der Waals surface area contributed by atoms with Crippen LogP contribution in [0.5, 0.6) is 0 Å². The maximum Gasteiger partial charge on any atom is 0.351 e. The van der Waals surface area contributed by atoms with Crippen LogP contribution in [0.25, 0.3) is 11.0 Å².